The molecular weight excluding hydrogens is 232 g/mol. The SMILES string of the molecule is CC(=O)c1cc2ccccc2cc1C1C=CC(C)=C1. The fourth-order valence-electron chi connectivity index (χ4n) is 2.68. The van der Waals surface area contributed by atoms with Gasteiger partial charge in [0.05, 0.1) is 0 Å². The minimum atomic E-state index is 0.132. The van der Waals surface area contributed by atoms with Crippen molar-refractivity contribution in [1.82, 2.24) is 0 Å². The van der Waals surface area contributed by atoms with Crippen molar-refractivity contribution in [3.8, 4) is 0 Å². The first kappa shape index (κ1) is 11.9. The molecule has 0 N–H and O–H groups in total. The van der Waals surface area contributed by atoms with E-state index in [1.54, 1.807) is 6.92 Å². The number of carbonyl (C=O) groups excluding carboxylic acids is 1. The van der Waals surface area contributed by atoms with Crippen molar-refractivity contribution < 1.29 is 4.79 Å². The number of ketones is 1. The highest BCUT2D eigenvalue weighted by Gasteiger charge is 2.17. The average Bonchev–Trinajstić information content (AvgIpc) is 2.83. The summed E-state index contributed by atoms with van der Waals surface area (Å²) in [4.78, 5) is 11.9. The zero-order valence-electron chi connectivity index (χ0n) is 11.2. The molecule has 1 heteroatoms. The van der Waals surface area contributed by atoms with Crippen molar-refractivity contribution in [1.29, 1.82) is 0 Å². The van der Waals surface area contributed by atoms with Gasteiger partial charge in [-0.15, -0.1) is 0 Å². The maximum Gasteiger partial charge on any atom is 0.160 e. The molecule has 0 bridgehead atoms. The first-order valence-electron chi connectivity index (χ1n) is 6.55. The number of hydrogen-bond donors (Lipinski definition) is 0. The molecule has 3 rings (SSSR count). The number of carbonyl (C=O) groups is 1. The molecule has 0 amide bonds. The van der Waals surface area contributed by atoms with Gasteiger partial charge in [-0.2, -0.15) is 0 Å². The van der Waals surface area contributed by atoms with Crippen molar-refractivity contribution in [3.05, 3.63) is 71.3 Å². The van der Waals surface area contributed by atoms with Crippen LogP contribution < -0.4 is 0 Å². The van der Waals surface area contributed by atoms with Gasteiger partial charge in [0.25, 0.3) is 0 Å². The quantitative estimate of drug-likeness (QED) is 0.707. The van der Waals surface area contributed by atoms with E-state index >= 15 is 0 Å². The second-order valence-corrected chi connectivity index (χ2v) is 5.14. The molecule has 1 unspecified atom stereocenters. The number of benzene rings is 2. The Morgan fingerprint density at radius 1 is 1.11 bits per heavy atom. The van der Waals surface area contributed by atoms with E-state index in [4.69, 9.17) is 0 Å². The van der Waals surface area contributed by atoms with Crippen LogP contribution in [0.4, 0.5) is 0 Å². The third kappa shape index (κ3) is 2.12. The predicted octanol–water partition coefficient (Wildman–Crippen LogP) is 4.64. The highest BCUT2D eigenvalue weighted by atomic mass is 16.1. The van der Waals surface area contributed by atoms with E-state index in [0.29, 0.717) is 0 Å². The van der Waals surface area contributed by atoms with Crippen LogP contribution in [0.15, 0.2) is 60.2 Å². The van der Waals surface area contributed by atoms with Crippen LogP contribution in [-0.4, -0.2) is 5.78 Å². The van der Waals surface area contributed by atoms with Crippen LogP contribution in [0.25, 0.3) is 10.8 Å². The van der Waals surface area contributed by atoms with E-state index in [1.807, 2.05) is 18.2 Å². The molecule has 1 atom stereocenters. The lowest BCUT2D eigenvalue weighted by atomic mass is 9.90. The molecule has 0 aliphatic heterocycles. The lowest BCUT2D eigenvalue weighted by Gasteiger charge is -2.13. The highest BCUT2D eigenvalue weighted by Crippen LogP contribution is 2.32. The third-order valence-corrected chi connectivity index (χ3v) is 3.67. The van der Waals surface area contributed by atoms with E-state index < -0.39 is 0 Å². The van der Waals surface area contributed by atoms with Gasteiger partial charge in [-0.3, -0.25) is 4.79 Å². The van der Waals surface area contributed by atoms with E-state index in [1.165, 1.54) is 11.0 Å². The molecule has 0 fully saturated rings. The highest BCUT2D eigenvalue weighted by molar-refractivity contribution is 6.00. The Hall–Kier alpha value is -2.15. The van der Waals surface area contributed by atoms with Crippen LogP contribution in [0.1, 0.15) is 35.7 Å². The fourth-order valence-corrected chi connectivity index (χ4v) is 2.68. The van der Waals surface area contributed by atoms with E-state index in [9.17, 15) is 4.79 Å². The largest absolute Gasteiger partial charge is 0.295 e. The van der Waals surface area contributed by atoms with E-state index in [-0.39, 0.29) is 11.7 Å². The normalized spacial score (nSPS) is 17.8. The first-order chi connectivity index (χ1) is 9.15. The number of Topliss-reactive ketones (excluding diaryl/α,β-unsaturated/α-hetero) is 1. The number of rotatable bonds is 2. The second kappa shape index (κ2) is 4.51. The molecule has 19 heavy (non-hydrogen) atoms. The van der Waals surface area contributed by atoms with Crippen molar-refractivity contribution >= 4 is 16.6 Å². The lowest BCUT2D eigenvalue weighted by Crippen LogP contribution is -2.02. The average molecular weight is 248 g/mol. The molecule has 1 nitrogen and oxygen atoms in total. The zero-order valence-corrected chi connectivity index (χ0v) is 11.2. The molecule has 0 heterocycles. The third-order valence-electron chi connectivity index (χ3n) is 3.67. The van der Waals surface area contributed by atoms with Gasteiger partial charge in [-0.1, -0.05) is 48.1 Å². The summed E-state index contributed by atoms with van der Waals surface area (Å²) in [6, 6.07) is 12.4. The molecule has 0 saturated heterocycles. The molecule has 1 aliphatic rings. The van der Waals surface area contributed by atoms with Gasteiger partial charge < -0.3 is 0 Å². The van der Waals surface area contributed by atoms with Crippen molar-refractivity contribution in [2.24, 2.45) is 0 Å². The molecule has 0 spiro atoms. The zero-order chi connectivity index (χ0) is 13.4. The van der Waals surface area contributed by atoms with Gasteiger partial charge in [0.2, 0.25) is 0 Å². The molecule has 1 aliphatic carbocycles. The predicted molar refractivity (Wildman–Crippen MR) is 79.6 cm³/mol. The van der Waals surface area contributed by atoms with Crippen LogP contribution in [0.5, 0.6) is 0 Å². The summed E-state index contributed by atoms with van der Waals surface area (Å²) in [6.45, 7) is 3.73. The van der Waals surface area contributed by atoms with Gasteiger partial charge in [-0.25, -0.2) is 0 Å². The lowest BCUT2D eigenvalue weighted by molar-refractivity contribution is 0.101. The Bertz CT molecular complexity index is 720. The van der Waals surface area contributed by atoms with Gasteiger partial charge in [0.1, 0.15) is 0 Å². The molecular formula is C18H16O. The standard InChI is InChI=1S/C18H16O/c1-12-7-8-16(9-12)18-11-15-6-4-3-5-14(15)10-17(18)13(2)19/h3-11,16H,1-2H3. The van der Waals surface area contributed by atoms with Gasteiger partial charge in [0.15, 0.2) is 5.78 Å². The molecule has 2 aromatic carbocycles. The Balaban J connectivity index is 2.24. The van der Waals surface area contributed by atoms with Crippen molar-refractivity contribution in [2.75, 3.05) is 0 Å². The number of fused-ring (bicyclic) bond motifs is 1. The Kier molecular flexibility index (Phi) is 2.83. The minimum absolute atomic E-state index is 0.132. The Morgan fingerprint density at radius 3 is 2.37 bits per heavy atom. The van der Waals surface area contributed by atoms with Gasteiger partial charge >= 0.3 is 0 Å². The molecule has 94 valence electrons. The summed E-state index contributed by atoms with van der Waals surface area (Å²) in [5.41, 5.74) is 3.20. The summed E-state index contributed by atoms with van der Waals surface area (Å²) in [5.74, 6) is 0.357. The maximum atomic E-state index is 11.9. The van der Waals surface area contributed by atoms with Crippen LogP contribution >= 0.6 is 0 Å². The summed E-state index contributed by atoms with van der Waals surface area (Å²) >= 11 is 0. The first-order valence-corrected chi connectivity index (χ1v) is 6.55. The molecule has 0 radical (unpaired) electrons. The number of hydrogen-bond acceptors (Lipinski definition) is 1. The van der Waals surface area contributed by atoms with Crippen molar-refractivity contribution in [3.63, 3.8) is 0 Å². The Labute approximate surface area is 113 Å². The summed E-state index contributed by atoms with van der Waals surface area (Å²) in [5, 5.41) is 2.31. The Morgan fingerprint density at radius 2 is 1.79 bits per heavy atom. The fraction of sp³-hybridized carbons (Fsp3) is 0.167. The second-order valence-electron chi connectivity index (χ2n) is 5.14. The van der Waals surface area contributed by atoms with E-state index in [0.717, 1.165) is 16.5 Å². The van der Waals surface area contributed by atoms with Crippen molar-refractivity contribution in [2.45, 2.75) is 19.8 Å². The molecule has 0 aromatic heterocycles. The van der Waals surface area contributed by atoms with Crippen LogP contribution in [0, 0.1) is 0 Å². The topological polar surface area (TPSA) is 17.1 Å². The van der Waals surface area contributed by atoms with Crippen LogP contribution in [-0.2, 0) is 0 Å². The number of allylic oxidation sites excluding steroid dienone is 4. The minimum Gasteiger partial charge on any atom is -0.295 e. The smallest absolute Gasteiger partial charge is 0.160 e. The summed E-state index contributed by atoms with van der Waals surface area (Å²) in [6.07, 6.45) is 6.48. The van der Waals surface area contributed by atoms with E-state index in [2.05, 4.69) is 43.4 Å². The summed E-state index contributed by atoms with van der Waals surface area (Å²) in [7, 11) is 0. The van der Waals surface area contributed by atoms with Crippen LogP contribution in [0.2, 0.25) is 0 Å². The molecule has 2 aromatic rings. The monoisotopic (exact) mass is 248 g/mol. The molecule has 0 saturated carbocycles. The van der Waals surface area contributed by atoms with Gasteiger partial charge in [-0.05, 0) is 42.3 Å². The summed E-state index contributed by atoms with van der Waals surface area (Å²) < 4.78 is 0. The maximum absolute atomic E-state index is 11.9. The van der Waals surface area contributed by atoms with Gasteiger partial charge in [0, 0.05) is 11.5 Å². The van der Waals surface area contributed by atoms with Crippen LogP contribution in [0.3, 0.4) is 0 Å².